The molecule has 0 aliphatic rings. The van der Waals surface area contributed by atoms with Crippen molar-refractivity contribution in [3.05, 3.63) is 75.7 Å². The molecular weight excluding hydrogens is 363 g/mol. The van der Waals surface area contributed by atoms with Crippen molar-refractivity contribution in [1.82, 2.24) is 25.0 Å². The van der Waals surface area contributed by atoms with Crippen molar-refractivity contribution >= 4 is 22.6 Å². The lowest BCUT2D eigenvalue weighted by atomic mass is 10.2. The minimum atomic E-state index is -0.711. The number of pyridine rings is 1. The average Bonchev–Trinajstić information content (AvgIpc) is 3.03. The third kappa shape index (κ3) is 3.02. The van der Waals surface area contributed by atoms with Gasteiger partial charge in [-0.05, 0) is 32.0 Å². The number of hydrogen-bond acceptors (Lipinski definition) is 5. The molecule has 4 rings (SSSR count). The topological polar surface area (TPSA) is 106 Å². The van der Waals surface area contributed by atoms with Crippen molar-refractivity contribution in [3.8, 4) is 5.69 Å². The third-order valence-corrected chi connectivity index (χ3v) is 4.26. The van der Waals surface area contributed by atoms with Gasteiger partial charge >= 0.3 is 0 Å². The Labute approximate surface area is 158 Å². The lowest BCUT2D eigenvalue weighted by molar-refractivity contribution is 0.101. The maximum absolute atomic E-state index is 14.1. The Morgan fingerprint density at radius 1 is 1.21 bits per heavy atom. The second kappa shape index (κ2) is 6.69. The summed E-state index contributed by atoms with van der Waals surface area (Å²) in [5.74, 6) is -1.23. The van der Waals surface area contributed by atoms with Gasteiger partial charge in [0.05, 0.1) is 11.9 Å². The molecule has 0 saturated heterocycles. The molecule has 1 aromatic carbocycles. The fourth-order valence-electron chi connectivity index (χ4n) is 2.85. The summed E-state index contributed by atoms with van der Waals surface area (Å²) in [5, 5.41) is 14.3. The van der Waals surface area contributed by atoms with Gasteiger partial charge in [-0.25, -0.2) is 14.1 Å². The van der Waals surface area contributed by atoms with Crippen LogP contribution in [-0.4, -0.2) is 30.9 Å². The summed E-state index contributed by atoms with van der Waals surface area (Å²) in [7, 11) is 0. The van der Waals surface area contributed by atoms with Crippen molar-refractivity contribution in [2.45, 2.75) is 13.8 Å². The molecule has 0 unspecified atom stereocenters. The van der Waals surface area contributed by atoms with Gasteiger partial charge < -0.3 is 5.32 Å². The number of aromatic amines is 1. The van der Waals surface area contributed by atoms with Gasteiger partial charge in [0.25, 0.3) is 5.91 Å². The van der Waals surface area contributed by atoms with Gasteiger partial charge in [-0.2, -0.15) is 10.2 Å². The number of aryl methyl sites for hydroxylation is 2. The number of para-hydroxylation sites is 1. The molecule has 0 radical (unpaired) electrons. The zero-order valence-electron chi connectivity index (χ0n) is 15.0. The highest BCUT2D eigenvalue weighted by molar-refractivity contribution is 6.03. The SMILES string of the molecule is Cc1[nH]nc2ncc(NC(=O)c3nn(-c4ccccc4F)c(C)cc3=O)cc12. The number of rotatable bonds is 3. The second-order valence-corrected chi connectivity index (χ2v) is 6.26. The van der Waals surface area contributed by atoms with E-state index >= 15 is 0 Å². The number of nitrogens with zero attached hydrogens (tertiary/aromatic N) is 4. The van der Waals surface area contributed by atoms with Gasteiger partial charge in [0, 0.05) is 22.8 Å². The Kier molecular flexibility index (Phi) is 4.19. The quantitative estimate of drug-likeness (QED) is 0.570. The summed E-state index contributed by atoms with van der Waals surface area (Å²) in [6, 6.07) is 8.93. The molecule has 3 aromatic heterocycles. The number of hydrogen-bond donors (Lipinski definition) is 2. The van der Waals surface area contributed by atoms with Crippen LogP contribution < -0.4 is 10.7 Å². The number of amides is 1. The minimum Gasteiger partial charge on any atom is -0.319 e. The number of benzene rings is 1. The van der Waals surface area contributed by atoms with Gasteiger partial charge in [-0.1, -0.05) is 12.1 Å². The zero-order chi connectivity index (χ0) is 19.8. The Balaban J connectivity index is 1.72. The predicted octanol–water partition coefficient (Wildman–Crippen LogP) is 2.51. The molecule has 4 aromatic rings. The number of nitrogens with one attached hydrogen (secondary N) is 2. The maximum atomic E-state index is 14.1. The molecule has 9 heteroatoms. The maximum Gasteiger partial charge on any atom is 0.280 e. The standard InChI is InChI=1S/C19H15FN6O2/c1-10-7-16(27)17(25-26(10)15-6-4-3-5-14(15)20)19(28)22-12-8-13-11(2)23-24-18(13)21-9-12/h3-9H,1-2H3,(H,22,28)(H,21,23,24). The summed E-state index contributed by atoms with van der Waals surface area (Å²) >= 11 is 0. The lowest BCUT2D eigenvalue weighted by Gasteiger charge is -2.12. The van der Waals surface area contributed by atoms with E-state index in [-0.39, 0.29) is 11.4 Å². The van der Waals surface area contributed by atoms with E-state index in [1.165, 1.54) is 29.1 Å². The molecule has 0 fully saturated rings. The van der Waals surface area contributed by atoms with Crippen LogP contribution in [0, 0.1) is 19.7 Å². The number of carbonyl (C=O) groups excluding carboxylic acids is 1. The van der Waals surface area contributed by atoms with Crippen LogP contribution >= 0.6 is 0 Å². The van der Waals surface area contributed by atoms with Gasteiger partial charge in [0.2, 0.25) is 5.43 Å². The number of halogens is 1. The van der Waals surface area contributed by atoms with Gasteiger partial charge in [0.15, 0.2) is 11.3 Å². The van der Waals surface area contributed by atoms with E-state index in [1.807, 2.05) is 6.92 Å². The van der Waals surface area contributed by atoms with Crippen LogP contribution in [0.15, 0.2) is 47.4 Å². The highest BCUT2D eigenvalue weighted by Gasteiger charge is 2.17. The molecule has 0 aliphatic heterocycles. The first kappa shape index (κ1) is 17.5. The van der Waals surface area contributed by atoms with Gasteiger partial charge in [0.1, 0.15) is 11.5 Å². The predicted molar refractivity (Wildman–Crippen MR) is 101 cm³/mol. The molecule has 0 saturated carbocycles. The van der Waals surface area contributed by atoms with Crippen LogP contribution in [0.4, 0.5) is 10.1 Å². The monoisotopic (exact) mass is 378 g/mol. The van der Waals surface area contributed by atoms with Crippen LogP contribution in [0.25, 0.3) is 16.7 Å². The van der Waals surface area contributed by atoms with Crippen molar-refractivity contribution in [1.29, 1.82) is 0 Å². The number of aromatic nitrogens is 5. The van der Waals surface area contributed by atoms with E-state index in [9.17, 15) is 14.0 Å². The fraction of sp³-hybridized carbons (Fsp3) is 0.105. The first-order valence-electron chi connectivity index (χ1n) is 8.42. The Morgan fingerprint density at radius 3 is 2.79 bits per heavy atom. The second-order valence-electron chi connectivity index (χ2n) is 6.26. The van der Waals surface area contributed by atoms with Crippen LogP contribution in [0.3, 0.4) is 0 Å². The average molecular weight is 378 g/mol. The van der Waals surface area contributed by atoms with Crippen molar-refractivity contribution < 1.29 is 9.18 Å². The van der Waals surface area contributed by atoms with Crippen LogP contribution in [0.2, 0.25) is 0 Å². The van der Waals surface area contributed by atoms with E-state index < -0.39 is 17.2 Å². The van der Waals surface area contributed by atoms with Crippen LogP contribution in [0.1, 0.15) is 21.9 Å². The Morgan fingerprint density at radius 2 is 2.00 bits per heavy atom. The third-order valence-electron chi connectivity index (χ3n) is 4.26. The van der Waals surface area contributed by atoms with E-state index in [2.05, 4.69) is 25.6 Å². The minimum absolute atomic E-state index is 0.145. The molecule has 1 amide bonds. The number of anilines is 1. The zero-order valence-corrected chi connectivity index (χ0v) is 15.0. The van der Waals surface area contributed by atoms with Crippen molar-refractivity contribution in [2.75, 3.05) is 5.32 Å². The summed E-state index contributed by atoms with van der Waals surface area (Å²) in [6.45, 7) is 3.44. The molecule has 0 aliphatic carbocycles. The van der Waals surface area contributed by atoms with Crippen molar-refractivity contribution in [3.63, 3.8) is 0 Å². The fourth-order valence-corrected chi connectivity index (χ4v) is 2.85. The largest absolute Gasteiger partial charge is 0.319 e. The number of fused-ring (bicyclic) bond motifs is 1. The Bertz CT molecular complexity index is 1280. The molecule has 0 atom stereocenters. The van der Waals surface area contributed by atoms with Crippen LogP contribution in [-0.2, 0) is 0 Å². The molecule has 0 spiro atoms. The van der Waals surface area contributed by atoms with Gasteiger partial charge in [-0.15, -0.1) is 0 Å². The summed E-state index contributed by atoms with van der Waals surface area (Å²) in [6.07, 6.45) is 1.43. The molecule has 0 bridgehead atoms. The van der Waals surface area contributed by atoms with Crippen LogP contribution in [0.5, 0.6) is 0 Å². The first-order chi connectivity index (χ1) is 13.4. The van der Waals surface area contributed by atoms with E-state index in [1.54, 1.807) is 25.1 Å². The highest BCUT2D eigenvalue weighted by Crippen LogP contribution is 2.18. The highest BCUT2D eigenvalue weighted by atomic mass is 19.1. The van der Waals surface area contributed by atoms with E-state index in [0.717, 1.165) is 11.1 Å². The van der Waals surface area contributed by atoms with Gasteiger partial charge in [-0.3, -0.25) is 14.7 Å². The normalized spacial score (nSPS) is 11.0. The molecular formula is C19H15FN6O2. The first-order valence-corrected chi connectivity index (χ1v) is 8.42. The summed E-state index contributed by atoms with van der Waals surface area (Å²) < 4.78 is 15.4. The smallest absolute Gasteiger partial charge is 0.280 e. The molecule has 140 valence electrons. The van der Waals surface area contributed by atoms with E-state index in [0.29, 0.717) is 17.0 Å². The molecule has 2 N–H and O–H groups in total. The molecule has 8 nitrogen and oxygen atoms in total. The lowest BCUT2D eigenvalue weighted by Crippen LogP contribution is -2.27. The summed E-state index contributed by atoms with van der Waals surface area (Å²) in [5.41, 5.74) is 1.35. The summed E-state index contributed by atoms with van der Waals surface area (Å²) in [4.78, 5) is 29.1. The van der Waals surface area contributed by atoms with E-state index in [4.69, 9.17) is 0 Å². The molecule has 28 heavy (non-hydrogen) atoms. The Hall–Kier alpha value is -3.88. The number of H-pyrrole nitrogens is 1. The van der Waals surface area contributed by atoms with Crippen molar-refractivity contribution in [2.24, 2.45) is 0 Å². The number of carbonyl (C=O) groups is 1. The molecule has 3 heterocycles.